The Labute approximate surface area is 103 Å². The normalized spacial score (nSPS) is 10.3. The van der Waals surface area contributed by atoms with Crippen molar-refractivity contribution in [3.63, 3.8) is 0 Å². The van der Waals surface area contributed by atoms with E-state index in [0.29, 0.717) is 5.69 Å². The predicted molar refractivity (Wildman–Crippen MR) is 71.3 cm³/mol. The molecule has 0 aliphatic carbocycles. The molecule has 0 atom stereocenters. The van der Waals surface area contributed by atoms with Crippen LogP contribution in [0.25, 0.3) is 25.5 Å². The van der Waals surface area contributed by atoms with Gasteiger partial charge in [0.05, 0.1) is 17.1 Å². The lowest BCUT2D eigenvalue weighted by atomic mass is 10.2. The van der Waals surface area contributed by atoms with E-state index >= 15 is 0 Å². The number of aromatic nitrogens is 1. The van der Waals surface area contributed by atoms with Crippen LogP contribution < -0.4 is 0 Å². The molecule has 0 fully saturated rings. The van der Waals surface area contributed by atoms with E-state index in [2.05, 4.69) is 9.83 Å². The number of thiophene rings is 1. The van der Waals surface area contributed by atoms with Crippen LogP contribution in [0, 0.1) is 6.57 Å². The number of pyridine rings is 1. The SMILES string of the molecule is [C-]#[N+]c1c(-c2ccccn2)sc2ccccc12. The van der Waals surface area contributed by atoms with Crippen molar-refractivity contribution in [2.45, 2.75) is 0 Å². The molecule has 3 aromatic rings. The van der Waals surface area contributed by atoms with E-state index in [0.717, 1.165) is 20.7 Å². The fourth-order valence-electron chi connectivity index (χ4n) is 1.81. The molecule has 0 amide bonds. The molecule has 0 unspecified atom stereocenters. The van der Waals surface area contributed by atoms with Gasteiger partial charge in [-0.25, -0.2) is 4.85 Å². The molecule has 0 saturated carbocycles. The van der Waals surface area contributed by atoms with Gasteiger partial charge < -0.3 is 0 Å². The second-order valence-corrected chi connectivity index (χ2v) is 4.65. The Kier molecular flexibility index (Phi) is 2.36. The standard InChI is InChI=1S/C14H8N2S/c1-15-13-10-6-2-3-8-12(10)17-14(13)11-7-4-5-9-16-11/h2-9H. The Hall–Kier alpha value is -2.18. The van der Waals surface area contributed by atoms with E-state index in [1.165, 1.54) is 0 Å². The highest BCUT2D eigenvalue weighted by atomic mass is 32.1. The molecule has 0 radical (unpaired) electrons. The van der Waals surface area contributed by atoms with Crippen molar-refractivity contribution in [3.8, 4) is 10.6 Å². The van der Waals surface area contributed by atoms with Crippen LogP contribution in [0.2, 0.25) is 0 Å². The first kappa shape index (κ1) is 10.0. The second kappa shape index (κ2) is 4.00. The van der Waals surface area contributed by atoms with Crippen molar-refractivity contribution in [2.24, 2.45) is 0 Å². The molecular formula is C14H8N2S. The van der Waals surface area contributed by atoms with Crippen LogP contribution in [0.3, 0.4) is 0 Å². The van der Waals surface area contributed by atoms with Gasteiger partial charge in [0.2, 0.25) is 5.69 Å². The molecule has 0 aliphatic heterocycles. The highest BCUT2D eigenvalue weighted by molar-refractivity contribution is 7.23. The Morgan fingerprint density at radius 3 is 2.65 bits per heavy atom. The smallest absolute Gasteiger partial charge is 0.214 e. The third kappa shape index (κ3) is 1.59. The van der Waals surface area contributed by atoms with Gasteiger partial charge in [0, 0.05) is 10.9 Å². The van der Waals surface area contributed by atoms with Gasteiger partial charge in [0.25, 0.3) is 0 Å². The maximum atomic E-state index is 7.34. The zero-order valence-electron chi connectivity index (χ0n) is 8.92. The molecule has 17 heavy (non-hydrogen) atoms. The number of nitrogens with zero attached hydrogens (tertiary/aromatic N) is 2. The lowest BCUT2D eigenvalue weighted by Crippen LogP contribution is -1.76. The molecular weight excluding hydrogens is 228 g/mol. The van der Waals surface area contributed by atoms with Crippen LogP contribution >= 0.6 is 11.3 Å². The van der Waals surface area contributed by atoms with E-state index in [1.807, 2.05) is 42.5 Å². The van der Waals surface area contributed by atoms with Crippen molar-refractivity contribution < 1.29 is 0 Å². The zero-order valence-corrected chi connectivity index (χ0v) is 9.74. The highest BCUT2D eigenvalue weighted by Crippen LogP contribution is 2.43. The number of hydrogen-bond acceptors (Lipinski definition) is 2. The number of hydrogen-bond donors (Lipinski definition) is 0. The average molecular weight is 236 g/mol. The minimum Gasteiger partial charge on any atom is -0.257 e. The summed E-state index contributed by atoms with van der Waals surface area (Å²) < 4.78 is 1.14. The fraction of sp³-hybridized carbons (Fsp3) is 0. The van der Waals surface area contributed by atoms with E-state index in [1.54, 1.807) is 17.5 Å². The van der Waals surface area contributed by atoms with Crippen LogP contribution in [-0.2, 0) is 0 Å². The number of benzene rings is 1. The molecule has 2 aromatic heterocycles. The molecule has 2 nitrogen and oxygen atoms in total. The van der Waals surface area contributed by atoms with Crippen LogP contribution in [-0.4, -0.2) is 4.98 Å². The first-order valence-corrected chi connectivity index (χ1v) is 6.02. The maximum Gasteiger partial charge on any atom is 0.214 e. The molecule has 3 heteroatoms. The third-order valence-electron chi connectivity index (χ3n) is 2.58. The molecule has 1 aromatic carbocycles. The van der Waals surface area contributed by atoms with Gasteiger partial charge in [0.1, 0.15) is 0 Å². The highest BCUT2D eigenvalue weighted by Gasteiger charge is 2.13. The first-order chi connectivity index (χ1) is 8.40. The summed E-state index contributed by atoms with van der Waals surface area (Å²) in [6.45, 7) is 7.34. The van der Waals surface area contributed by atoms with Gasteiger partial charge in [-0.1, -0.05) is 24.3 Å². The third-order valence-corrected chi connectivity index (χ3v) is 3.76. The minimum absolute atomic E-state index is 0.712. The molecule has 0 N–H and O–H groups in total. The van der Waals surface area contributed by atoms with Crippen molar-refractivity contribution in [2.75, 3.05) is 0 Å². The Balaban J connectivity index is 2.35. The second-order valence-electron chi connectivity index (χ2n) is 3.60. The van der Waals surface area contributed by atoms with Gasteiger partial charge >= 0.3 is 0 Å². The van der Waals surface area contributed by atoms with Crippen molar-refractivity contribution in [1.29, 1.82) is 0 Å². The fourth-order valence-corrected chi connectivity index (χ4v) is 2.93. The van der Waals surface area contributed by atoms with E-state index in [4.69, 9.17) is 6.57 Å². The Bertz CT molecular complexity index is 708. The lowest BCUT2D eigenvalue weighted by molar-refractivity contribution is 1.34. The Morgan fingerprint density at radius 2 is 1.88 bits per heavy atom. The number of rotatable bonds is 1. The van der Waals surface area contributed by atoms with Gasteiger partial charge in [-0.15, -0.1) is 11.3 Å². The van der Waals surface area contributed by atoms with Crippen molar-refractivity contribution >= 4 is 27.1 Å². The molecule has 0 saturated heterocycles. The molecule has 80 valence electrons. The largest absolute Gasteiger partial charge is 0.257 e. The predicted octanol–water partition coefficient (Wildman–Crippen LogP) is 4.51. The van der Waals surface area contributed by atoms with Crippen LogP contribution in [0.1, 0.15) is 0 Å². The monoisotopic (exact) mass is 236 g/mol. The van der Waals surface area contributed by atoms with Gasteiger partial charge in [0.15, 0.2) is 0 Å². The summed E-state index contributed by atoms with van der Waals surface area (Å²) in [5, 5.41) is 1.02. The summed E-state index contributed by atoms with van der Waals surface area (Å²) in [5.41, 5.74) is 1.59. The number of fused-ring (bicyclic) bond motifs is 1. The van der Waals surface area contributed by atoms with Gasteiger partial charge in [-0.3, -0.25) is 4.98 Å². The van der Waals surface area contributed by atoms with E-state index in [9.17, 15) is 0 Å². The van der Waals surface area contributed by atoms with E-state index < -0.39 is 0 Å². The van der Waals surface area contributed by atoms with Crippen LogP contribution in [0.5, 0.6) is 0 Å². The van der Waals surface area contributed by atoms with Crippen molar-refractivity contribution in [1.82, 2.24) is 4.98 Å². The van der Waals surface area contributed by atoms with Gasteiger partial charge in [-0.05, 0) is 23.6 Å². The van der Waals surface area contributed by atoms with Crippen molar-refractivity contribution in [3.05, 3.63) is 60.1 Å². The van der Waals surface area contributed by atoms with Crippen LogP contribution in [0.15, 0.2) is 48.7 Å². The molecule has 2 heterocycles. The molecule has 3 rings (SSSR count). The summed E-state index contributed by atoms with van der Waals surface area (Å²) in [4.78, 5) is 8.94. The summed E-state index contributed by atoms with van der Waals surface area (Å²) in [5.74, 6) is 0. The van der Waals surface area contributed by atoms with Gasteiger partial charge in [-0.2, -0.15) is 0 Å². The average Bonchev–Trinajstić information content (AvgIpc) is 2.78. The Morgan fingerprint density at radius 1 is 1.06 bits per heavy atom. The minimum atomic E-state index is 0.712. The lowest BCUT2D eigenvalue weighted by Gasteiger charge is -1.95. The molecule has 0 spiro atoms. The van der Waals surface area contributed by atoms with E-state index in [-0.39, 0.29) is 0 Å². The van der Waals surface area contributed by atoms with Crippen LogP contribution in [0.4, 0.5) is 5.69 Å². The summed E-state index contributed by atoms with van der Waals surface area (Å²) in [6, 6.07) is 13.8. The topological polar surface area (TPSA) is 17.2 Å². The maximum absolute atomic E-state index is 7.34. The first-order valence-electron chi connectivity index (χ1n) is 5.20. The zero-order chi connectivity index (χ0) is 11.7. The summed E-state index contributed by atoms with van der Waals surface area (Å²) >= 11 is 1.63. The summed E-state index contributed by atoms with van der Waals surface area (Å²) in [6.07, 6.45) is 1.76. The quantitative estimate of drug-likeness (QED) is 0.568. The molecule has 0 bridgehead atoms. The molecule has 0 aliphatic rings. The summed E-state index contributed by atoms with van der Waals surface area (Å²) in [7, 11) is 0.